The quantitative estimate of drug-likeness (QED) is 0.467. The first-order chi connectivity index (χ1) is 12.8. The van der Waals surface area contributed by atoms with Crippen LogP contribution in [0.5, 0.6) is 0 Å². The number of hydrogen-bond donors (Lipinski definition) is 1. The van der Waals surface area contributed by atoms with Crippen molar-refractivity contribution in [3.05, 3.63) is 32.1 Å². The minimum absolute atomic E-state index is 0.0927. The lowest BCUT2D eigenvalue weighted by Gasteiger charge is -2.28. The van der Waals surface area contributed by atoms with Gasteiger partial charge in [-0.3, -0.25) is 19.0 Å². The van der Waals surface area contributed by atoms with Gasteiger partial charge in [-0.25, -0.2) is 9.48 Å². The van der Waals surface area contributed by atoms with E-state index in [1.807, 2.05) is 0 Å². The maximum Gasteiger partial charge on any atom is 0.347 e. The monoisotopic (exact) mass is 377 g/mol. The number of nitrogens with zero attached hydrogens (tertiary/aromatic N) is 3. The van der Waals surface area contributed by atoms with Crippen molar-refractivity contribution < 1.29 is 19.4 Å². The normalized spacial score (nSPS) is 23.6. The largest absolute Gasteiger partial charge is 0.505 e. The highest BCUT2D eigenvalue weighted by atomic mass is 16.5. The third kappa shape index (κ3) is 3.51. The topological polar surface area (TPSA) is 120 Å². The molecule has 2 aliphatic rings. The maximum atomic E-state index is 12.9. The van der Waals surface area contributed by atoms with Crippen LogP contribution >= 0.6 is 0 Å². The number of aryl methyl sites for hydroxylation is 1. The highest BCUT2D eigenvalue weighted by Crippen LogP contribution is 2.28. The molecule has 0 aromatic carbocycles. The molecule has 0 saturated heterocycles. The van der Waals surface area contributed by atoms with Gasteiger partial charge in [0.2, 0.25) is 0 Å². The van der Waals surface area contributed by atoms with Crippen molar-refractivity contribution >= 4 is 17.3 Å². The summed E-state index contributed by atoms with van der Waals surface area (Å²) in [6.07, 6.45) is 3.34. The van der Waals surface area contributed by atoms with Crippen molar-refractivity contribution in [1.29, 1.82) is 0 Å². The van der Waals surface area contributed by atoms with E-state index in [2.05, 4.69) is 5.10 Å². The molecule has 1 N–H and O–H groups in total. The lowest BCUT2D eigenvalue weighted by atomic mass is 9.90. The van der Waals surface area contributed by atoms with Gasteiger partial charge in [-0.15, -0.1) is 0 Å². The zero-order chi connectivity index (χ0) is 19.7. The Morgan fingerprint density at radius 3 is 2.22 bits per heavy atom. The average molecular weight is 377 g/mol. The van der Waals surface area contributed by atoms with Crippen LogP contribution in [0.3, 0.4) is 0 Å². The van der Waals surface area contributed by atoms with E-state index >= 15 is 0 Å². The number of allylic oxidation sites excluding steroid dienone is 1. The van der Waals surface area contributed by atoms with Crippen molar-refractivity contribution in [1.82, 2.24) is 14.3 Å². The van der Waals surface area contributed by atoms with Crippen LogP contribution in [0.15, 0.2) is 15.2 Å². The molecule has 0 bridgehead atoms. The number of ether oxygens (including phenoxy) is 1. The lowest BCUT2D eigenvalue weighted by Crippen LogP contribution is -2.45. The molecular weight excluding hydrogens is 354 g/mol. The molecule has 2 saturated carbocycles. The van der Waals surface area contributed by atoms with E-state index in [1.54, 1.807) is 7.11 Å². The van der Waals surface area contributed by atoms with Gasteiger partial charge >= 0.3 is 5.69 Å². The number of carbonyl (C=O) groups is 2. The van der Waals surface area contributed by atoms with Gasteiger partial charge < -0.3 is 9.84 Å². The molecular formula is C18H23N3O6. The first-order valence-electron chi connectivity index (χ1n) is 9.07. The molecule has 27 heavy (non-hydrogen) atoms. The number of carbonyl (C=O) groups excluding carboxylic acids is 2. The van der Waals surface area contributed by atoms with Crippen molar-refractivity contribution in [2.45, 2.75) is 57.1 Å². The van der Waals surface area contributed by atoms with Gasteiger partial charge in [0.05, 0.1) is 6.10 Å². The number of rotatable bonds is 3. The zero-order valence-electron chi connectivity index (χ0n) is 15.4. The fraction of sp³-hybridized carbons (Fsp3) is 0.611. The summed E-state index contributed by atoms with van der Waals surface area (Å²) in [5.74, 6) is -1.75. The number of hydrogen-bond acceptors (Lipinski definition) is 7. The van der Waals surface area contributed by atoms with Crippen LogP contribution in [0.25, 0.3) is 5.76 Å². The highest BCUT2D eigenvalue weighted by Gasteiger charge is 2.31. The molecule has 1 aromatic rings. The van der Waals surface area contributed by atoms with Gasteiger partial charge in [0.1, 0.15) is 5.57 Å². The van der Waals surface area contributed by atoms with Crippen molar-refractivity contribution in [3.8, 4) is 0 Å². The van der Waals surface area contributed by atoms with Crippen molar-refractivity contribution in [3.63, 3.8) is 0 Å². The molecule has 0 aliphatic heterocycles. The standard InChI is InChI=1S/C18H23N3O6/c1-20-18(26)21(10-6-8-11(27-2)9-7-10)17(25)15(19-20)16(24)14-12(22)4-3-5-13(14)23/h10-11,24H,3-9H2,1-2H3. The van der Waals surface area contributed by atoms with Crippen LogP contribution in [0.1, 0.15) is 56.7 Å². The zero-order valence-corrected chi connectivity index (χ0v) is 15.4. The highest BCUT2D eigenvalue weighted by molar-refractivity contribution is 6.25. The second kappa shape index (κ2) is 7.59. The lowest BCUT2D eigenvalue weighted by molar-refractivity contribution is -0.123. The summed E-state index contributed by atoms with van der Waals surface area (Å²) in [5, 5.41) is 14.3. The van der Waals surface area contributed by atoms with E-state index in [4.69, 9.17) is 4.74 Å². The minimum Gasteiger partial charge on any atom is -0.505 e. The molecule has 2 aliphatic carbocycles. The summed E-state index contributed by atoms with van der Waals surface area (Å²) >= 11 is 0. The Kier molecular flexibility index (Phi) is 5.41. The third-order valence-electron chi connectivity index (χ3n) is 5.32. The summed E-state index contributed by atoms with van der Waals surface area (Å²) in [5.41, 5.74) is -2.21. The smallest absolute Gasteiger partial charge is 0.347 e. The van der Waals surface area contributed by atoms with E-state index in [-0.39, 0.29) is 30.6 Å². The van der Waals surface area contributed by atoms with E-state index in [1.165, 1.54) is 7.05 Å². The van der Waals surface area contributed by atoms with Crippen molar-refractivity contribution in [2.24, 2.45) is 7.05 Å². The number of methoxy groups -OCH3 is 1. The summed E-state index contributed by atoms with van der Waals surface area (Å²) in [4.78, 5) is 49.6. The number of ketones is 2. The number of Topliss-reactive ketones (excluding diaryl/α,β-unsaturated/α-hetero) is 2. The molecule has 146 valence electrons. The number of aromatic nitrogens is 3. The van der Waals surface area contributed by atoms with Gasteiger partial charge in [-0.2, -0.15) is 5.10 Å². The predicted molar refractivity (Wildman–Crippen MR) is 95.5 cm³/mol. The van der Waals surface area contributed by atoms with Gasteiger partial charge in [0.15, 0.2) is 23.0 Å². The average Bonchev–Trinajstić information content (AvgIpc) is 2.65. The molecule has 0 unspecified atom stereocenters. The van der Waals surface area contributed by atoms with Crippen molar-refractivity contribution in [2.75, 3.05) is 7.11 Å². The number of aliphatic hydroxyl groups is 1. The van der Waals surface area contributed by atoms with Crippen LogP contribution in [-0.4, -0.2) is 44.2 Å². The van der Waals surface area contributed by atoms with E-state index < -0.39 is 34.3 Å². The Balaban J connectivity index is 2.10. The Hall–Kier alpha value is -2.55. The van der Waals surface area contributed by atoms with E-state index in [9.17, 15) is 24.3 Å². The summed E-state index contributed by atoms with van der Waals surface area (Å²) in [6, 6.07) is -0.347. The summed E-state index contributed by atoms with van der Waals surface area (Å²) in [6.45, 7) is 0. The second-order valence-electron chi connectivity index (χ2n) is 7.02. The van der Waals surface area contributed by atoms with Crippen LogP contribution in [-0.2, 0) is 21.4 Å². The Bertz CT molecular complexity index is 900. The molecule has 9 nitrogen and oxygen atoms in total. The van der Waals surface area contributed by atoms with Crippen LogP contribution in [0, 0.1) is 0 Å². The van der Waals surface area contributed by atoms with Crippen LogP contribution in [0.4, 0.5) is 0 Å². The summed E-state index contributed by atoms with van der Waals surface area (Å²) < 4.78 is 7.34. The Morgan fingerprint density at radius 1 is 1.07 bits per heavy atom. The molecule has 0 radical (unpaired) electrons. The number of aliphatic hydroxyl groups excluding tert-OH is 1. The molecule has 3 rings (SSSR count). The fourth-order valence-corrected chi connectivity index (χ4v) is 3.80. The molecule has 1 aromatic heterocycles. The molecule has 0 atom stereocenters. The molecule has 0 amide bonds. The van der Waals surface area contributed by atoms with Crippen LogP contribution in [0.2, 0.25) is 0 Å². The predicted octanol–water partition coefficient (Wildman–Crippen LogP) is 0.663. The van der Waals surface area contributed by atoms with Crippen LogP contribution < -0.4 is 11.2 Å². The van der Waals surface area contributed by atoms with Gasteiger partial charge in [0, 0.05) is 33.0 Å². The molecule has 1 heterocycles. The molecule has 2 fully saturated rings. The maximum absolute atomic E-state index is 12.9. The minimum atomic E-state index is -0.782. The van der Waals surface area contributed by atoms with E-state index in [0.717, 1.165) is 9.25 Å². The fourth-order valence-electron chi connectivity index (χ4n) is 3.80. The second-order valence-corrected chi connectivity index (χ2v) is 7.02. The first kappa shape index (κ1) is 19.2. The van der Waals surface area contributed by atoms with Gasteiger partial charge in [0.25, 0.3) is 5.56 Å². The SMILES string of the molecule is COC1CCC(n2c(=O)c(C(O)=C3C(=O)CCCC3=O)nn(C)c2=O)CC1. The van der Waals surface area contributed by atoms with Gasteiger partial charge in [-0.05, 0) is 32.1 Å². The Morgan fingerprint density at radius 2 is 1.67 bits per heavy atom. The first-order valence-corrected chi connectivity index (χ1v) is 9.07. The van der Waals surface area contributed by atoms with Gasteiger partial charge in [-0.1, -0.05) is 0 Å². The molecule has 9 heteroatoms. The summed E-state index contributed by atoms with van der Waals surface area (Å²) in [7, 11) is 2.99. The van der Waals surface area contributed by atoms with E-state index in [0.29, 0.717) is 32.1 Å². The molecule has 0 spiro atoms. The third-order valence-corrected chi connectivity index (χ3v) is 5.32. The Labute approximate surface area is 155 Å².